The largest absolute Gasteiger partial charge is 0.497 e. The first-order valence-corrected chi connectivity index (χ1v) is 20.9. The SMILES string of the molecule is COc1ccc2nc(C)c(O[C@@H]3C[C@H]4C(=O)N[C@]5(C(=O)NS(=O)(=O)C6(C)CC6)CC5/C=C\CC[C@@H](C)C[C@@H](C)[C@H](NC(=O)OC(C)(C)C(F)(F)F)C(=O)N4C3)nc2c1. The molecule has 6 rings (SSSR count). The van der Waals surface area contributed by atoms with E-state index in [1.54, 1.807) is 38.1 Å². The van der Waals surface area contributed by atoms with E-state index in [4.69, 9.17) is 14.2 Å². The molecular weight excluding hydrogens is 786 g/mol. The van der Waals surface area contributed by atoms with Crippen LogP contribution in [-0.4, -0.2) is 101 Å². The van der Waals surface area contributed by atoms with Gasteiger partial charge in [0.25, 0.3) is 5.91 Å². The second kappa shape index (κ2) is 15.5. The highest BCUT2D eigenvalue weighted by Gasteiger charge is 2.63. The minimum absolute atomic E-state index is 0.0421. The van der Waals surface area contributed by atoms with Crippen molar-refractivity contribution in [3.63, 3.8) is 0 Å². The molecule has 0 radical (unpaired) electrons. The van der Waals surface area contributed by atoms with Crippen LogP contribution in [0.4, 0.5) is 18.0 Å². The molecule has 58 heavy (non-hydrogen) atoms. The van der Waals surface area contributed by atoms with Crippen molar-refractivity contribution in [2.75, 3.05) is 13.7 Å². The van der Waals surface area contributed by atoms with Crippen LogP contribution >= 0.6 is 0 Å². The number of carbonyl (C=O) groups excluding carboxylic acids is 4. The number of hydrogen-bond donors (Lipinski definition) is 3. The summed E-state index contributed by atoms with van der Waals surface area (Å²) in [6, 6.07) is 2.34. The summed E-state index contributed by atoms with van der Waals surface area (Å²) in [4.78, 5) is 66.6. The number of benzene rings is 1. The van der Waals surface area contributed by atoms with Gasteiger partial charge in [-0.1, -0.05) is 26.0 Å². The molecule has 318 valence electrons. The lowest BCUT2D eigenvalue weighted by Crippen LogP contribution is -2.59. The van der Waals surface area contributed by atoms with E-state index >= 15 is 0 Å². The Morgan fingerprint density at radius 2 is 1.78 bits per heavy atom. The first kappa shape index (κ1) is 42.9. The number of alkyl carbamates (subject to hydrolysis) is 1. The Kier molecular flexibility index (Phi) is 11.5. The fraction of sp³-hybridized carbons (Fsp3) is 0.641. The molecule has 1 aromatic carbocycles. The number of rotatable bonds is 8. The number of alkyl halides is 3. The van der Waals surface area contributed by atoms with Crippen LogP contribution in [0, 0.1) is 24.7 Å². The summed E-state index contributed by atoms with van der Waals surface area (Å²) in [7, 11) is -2.58. The molecule has 19 heteroatoms. The zero-order valence-corrected chi connectivity index (χ0v) is 34.4. The number of methoxy groups -OCH3 is 1. The molecule has 15 nitrogen and oxygen atoms in total. The number of amides is 4. The van der Waals surface area contributed by atoms with Gasteiger partial charge >= 0.3 is 12.3 Å². The van der Waals surface area contributed by atoms with Crippen LogP contribution in [0.3, 0.4) is 0 Å². The molecule has 7 atom stereocenters. The summed E-state index contributed by atoms with van der Waals surface area (Å²) in [6.45, 7) is 7.97. The molecular formula is C39H51F3N6O9S. The van der Waals surface area contributed by atoms with Crippen LogP contribution in [0.5, 0.6) is 11.6 Å². The number of nitrogens with zero attached hydrogens (tertiary/aromatic N) is 3. The predicted molar refractivity (Wildman–Crippen MR) is 204 cm³/mol. The molecule has 4 aliphatic rings. The van der Waals surface area contributed by atoms with E-state index in [1.807, 2.05) is 13.0 Å². The van der Waals surface area contributed by atoms with E-state index in [-0.39, 0.29) is 31.2 Å². The zero-order chi connectivity index (χ0) is 42.6. The number of aryl methyl sites for hydroxylation is 1. The number of sulfonamides is 1. The summed E-state index contributed by atoms with van der Waals surface area (Å²) in [5.41, 5.74) is -3.12. The third-order valence-corrected chi connectivity index (χ3v) is 14.0. The Hall–Kier alpha value is -4.68. The maximum absolute atomic E-state index is 14.7. The standard InChI is InChI=1S/C39H51F3N6O9S/c1-21-10-8-9-11-24-19-38(24,34(51)47-58(53,54)37(6)14-15-37)46-31(49)29-18-26(56-32-23(3)43-27-13-12-25(55-7)17-28(27)44-32)20-48(29)33(50)30(22(2)16-21)45-35(52)57-36(4,5)39(40,41)42/h9,11-13,17,21-22,24,26,29-30H,8,10,14-16,18-20H2,1-7H3,(H,45,52)(H,46,49)(H,47,51)/b11-9-/t21-,22-,24?,26-,29+,30+,38-/m1/s1. The Morgan fingerprint density at radius 3 is 2.43 bits per heavy atom. The van der Waals surface area contributed by atoms with Gasteiger partial charge in [0.05, 0.1) is 29.4 Å². The summed E-state index contributed by atoms with van der Waals surface area (Å²) < 4.78 is 85.1. The Bertz CT molecular complexity index is 2110. The Balaban J connectivity index is 1.35. The lowest BCUT2D eigenvalue weighted by atomic mass is 9.88. The van der Waals surface area contributed by atoms with E-state index in [2.05, 4.69) is 25.3 Å². The monoisotopic (exact) mass is 836 g/mol. The summed E-state index contributed by atoms with van der Waals surface area (Å²) in [5, 5.41) is 5.16. The number of carbonyl (C=O) groups is 4. The fourth-order valence-electron chi connectivity index (χ4n) is 7.55. The summed E-state index contributed by atoms with van der Waals surface area (Å²) in [6.07, 6.45) is -1.42. The zero-order valence-electron chi connectivity index (χ0n) is 33.6. The highest BCUT2D eigenvalue weighted by Crippen LogP contribution is 2.47. The number of nitrogens with one attached hydrogen (secondary N) is 3. The highest BCUT2D eigenvalue weighted by molar-refractivity contribution is 7.91. The van der Waals surface area contributed by atoms with Crippen molar-refractivity contribution in [3.05, 3.63) is 36.0 Å². The van der Waals surface area contributed by atoms with Gasteiger partial charge in [0.2, 0.25) is 33.3 Å². The van der Waals surface area contributed by atoms with E-state index < -0.39 is 85.9 Å². The molecule has 0 bridgehead atoms. The fourth-order valence-corrected chi connectivity index (χ4v) is 8.86. The van der Waals surface area contributed by atoms with Crippen molar-refractivity contribution in [3.8, 4) is 11.6 Å². The van der Waals surface area contributed by atoms with Crippen LogP contribution in [0.1, 0.15) is 85.3 Å². The van der Waals surface area contributed by atoms with Crippen molar-refractivity contribution in [1.29, 1.82) is 0 Å². The molecule has 0 spiro atoms. The molecule has 3 N–H and O–H groups in total. The number of aromatic nitrogens is 2. The van der Waals surface area contributed by atoms with Gasteiger partial charge in [-0.2, -0.15) is 13.2 Å². The van der Waals surface area contributed by atoms with E-state index in [1.165, 1.54) is 18.9 Å². The van der Waals surface area contributed by atoms with Gasteiger partial charge in [-0.15, -0.1) is 0 Å². The first-order chi connectivity index (χ1) is 27.0. The topological polar surface area (TPSA) is 195 Å². The maximum Gasteiger partial charge on any atom is 0.427 e. The molecule has 1 aromatic heterocycles. The minimum atomic E-state index is -4.92. The maximum atomic E-state index is 14.7. The molecule has 1 unspecified atom stereocenters. The van der Waals surface area contributed by atoms with Crippen LogP contribution < -0.4 is 24.8 Å². The Morgan fingerprint density at radius 1 is 1.07 bits per heavy atom. The smallest absolute Gasteiger partial charge is 0.427 e. The van der Waals surface area contributed by atoms with Gasteiger partial charge < -0.3 is 29.7 Å². The molecule has 2 aliphatic heterocycles. The second-order valence-corrected chi connectivity index (χ2v) is 19.1. The number of allylic oxidation sites excluding steroid dienone is 1. The highest BCUT2D eigenvalue weighted by atomic mass is 32.2. The van der Waals surface area contributed by atoms with E-state index in [0.717, 1.165) is 0 Å². The lowest BCUT2D eigenvalue weighted by molar-refractivity contribution is -0.244. The van der Waals surface area contributed by atoms with E-state index in [9.17, 15) is 40.8 Å². The molecule has 3 heterocycles. The lowest BCUT2D eigenvalue weighted by Gasteiger charge is -2.34. The second-order valence-electron chi connectivity index (χ2n) is 16.9. The third kappa shape index (κ3) is 8.69. The number of halogens is 3. The van der Waals surface area contributed by atoms with Crippen LogP contribution in [0.2, 0.25) is 0 Å². The van der Waals surface area contributed by atoms with Crippen LogP contribution in [0.25, 0.3) is 11.0 Å². The van der Waals surface area contributed by atoms with Crippen molar-refractivity contribution >= 4 is 44.9 Å². The Labute approximate surface area is 335 Å². The summed E-state index contributed by atoms with van der Waals surface area (Å²) in [5.74, 6) is -3.09. The molecule has 1 saturated heterocycles. The van der Waals surface area contributed by atoms with Gasteiger partial charge in [-0.3, -0.25) is 19.1 Å². The van der Waals surface area contributed by atoms with Crippen molar-refractivity contribution in [2.45, 2.75) is 127 Å². The van der Waals surface area contributed by atoms with Crippen LogP contribution in [0.15, 0.2) is 30.4 Å². The van der Waals surface area contributed by atoms with Gasteiger partial charge in [-0.05, 0) is 90.2 Å². The number of ether oxygens (including phenoxy) is 3. The first-order valence-electron chi connectivity index (χ1n) is 19.4. The van der Waals surface area contributed by atoms with E-state index in [0.29, 0.717) is 68.4 Å². The third-order valence-electron chi connectivity index (χ3n) is 11.8. The summed E-state index contributed by atoms with van der Waals surface area (Å²) >= 11 is 0. The molecule has 2 saturated carbocycles. The average Bonchev–Trinajstić information content (AvgIpc) is 4.01. The normalized spacial score (nSPS) is 29.4. The van der Waals surface area contributed by atoms with Crippen molar-refractivity contribution in [1.82, 2.24) is 30.2 Å². The predicted octanol–water partition coefficient (Wildman–Crippen LogP) is 4.62. The van der Waals surface area contributed by atoms with Gasteiger partial charge in [-0.25, -0.2) is 23.2 Å². The number of fused-ring (bicyclic) bond motifs is 3. The van der Waals surface area contributed by atoms with Gasteiger partial charge in [0.1, 0.15) is 35.2 Å². The number of hydrogen-bond acceptors (Lipinski definition) is 11. The minimum Gasteiger partial charge on any atom is -0.497 e. The molecule has 2 aliphatic carbocycles. The van der Waals surface area contributed by atoms with Crippen LogP contribution in [-0.2, 0) is 29.1 Å². The van der Waals surface area contributed by atoms with Crippen molar-refractivity contribution in [2.24, 2.45) is 17.8 Å². The van der Waals surface area contributed by atoms with Crippen molar-refractivity contribution < 1.29 is 55.0 Å². The average molecular weight is 837 g/mol. The molecule has 4 amide bonds. The molecule has 2 aromatic rings. The van der Waals surface area contributed by atoms with Gasteiger partial charge in [0, 0.05) is 18.4 Å². The molecule has 3 fully saturated rings. The van der Waals surface area contributed by atoms with Gasteiger partial charge in [0.15, 0.2) is 0 Å². The quantitative estimate of drug-likeness (QED) is 0.314.